The van der Waals surface area contributed by atoms with Gasteiger partial charge in [0.05, 0.1) is 11.6 Å². The number of thioether (sulfide) groups is 1. The molecule has 90 valence electrons. The standard InChI is InChI=1S/C14H11FN2S/c15-12-5-4-10(8-16)11(6-12)9-18-14-3-1-2-13(17)7-14/h1-7H,9,17H2. The smallest absolute Gasteiger partial charge is 0.123 e. The molecule has 0 aliphatic carbocycles. The molecule has 2 rings (SSSR count). The number of anilines is 1. The fourth-order valence-electron chi connectivity index (χ4n) is 1.56. The number of nitrogen functional groups attached to an aromatic ring is 1. The zero-order chi connectivity index (χ0) is 13.0. The van der Waals surface area contributed by atoms with Crippen LogP contribution in [-0.2, 0) is 5.75 Å². The van der Waals surface area contributed by atoms with Crippen LogP contribution in [0.15, 0.2) is 47.4 Å². The van der Waals surface area contributed by atoms with Crippen LogP contribution in [0, 0.1) is 17.1 Å². The van der Waals surface area contributed by atoms with E-state index in [0.717, 1.165) is 4.90 Å². The van der Waals surface area contributed by atoms with Crippen molar-refractivity contribution in [2.75, 3.05) is 5.73 Å². The molecule has 2 N–H and O–H groups in total. The summed E-state index contributed by atoms with van der Waals surface area (Å²) >= 11 is 1.53. The summed E-state index contributed by atoms with van der Waals surface area (Å²) in [4.78, 5) is 1.00. The lowest BCUT2D eigenvalue weighted by atomic mass is 10.1. The summed E-state index contributed by atoms with van der Waals surface area (Å²) in [5.41, 5.74) is 7.58. The average Bonchev–Trinajstić information content (AvgIpc) is 2.37. The fourth-order valence-corrected chi connectivity index (χ4v) is 2.51. The van der Waals surface area contributed by atoms with Crippen LogP contribution in [0.1, 0.15) is 11.1 Å². The summed E-state index contributed by atoms with van der Waals surface area (Å²) in [7, 11) is 0. The Balaban J connectivity index is 2.15. The summed E-state index contributed by atoms with van der Waals surface area (Å²) in [6.07, 6.45) is 0. The molecule has 4 heteroatoms. The van der Waals surface area contributed by atoms with Crippen molar-refractivity contribution >= 4 is 17.4 Å². The van der Waals surface area contributed by atoms with Gasteiger partial charge in [-0.1, -0.05) is 6.07 Å². The number of benzene rings is 2. The third-order valence-electron chi connectivity index (χ3n) is 2.44. The average molecular weight is 258 g/mol. The molecule has 18 heavy (non-hydrogen) atoms. The first-order valence-electron chi connectivity index (χ1n) is 5.36. The van der Waals surface area contributed by atoms with Crippen molar-refractivity contribution in [2.24, 2.45) is 0 Å². The topological polar surface area (TPSA) is 49.8 Å². The van der Waals surface area contributed by atoms with Crippen LogP contribution in [0.3, 0.4) is 0 Å². The van der Waals surface area contributed by atoms with Crippen molar-refractivity contribution in [2.45, 2.75) is 10.6 Å². The van der Waals surface area contributed by atoms with Gasteiger partial charge in [-0.15, -0.1) is 11.8 Å². The Morgan fingerprint density at radius 3 is 2.78 bits per heavy atom. The van der Waals surface area contributed by atoms with Crippen LogP contribution in [0.4, 0.5) is 10.1 Å². The van der Waals surface area contributed by atoms with Gasteiger partial charge in [0.2, 0.25) is 0 Å². The maximum atomic E-state index is 13.1. The first-order chi connectivity index (χ1) is 8.69. The lowest BCUT2D eigenvalue weighted by Crippen LogP contribution is -1.90. The van der Waals surface area contributed by atoms with E-state index in [4.69, 9.17) is 11.0 Å². The van der Waals surface area contributed by atoms with Gasteiger partial charge in [0.15, 0.2) is 0 Å². The molecule has 0 unspecified atom stereocenters. The highest BCUT2D eigenvalue weighted by Gasteiger charge is 2.04. The molecule has 0 spiro atoms. The molecule has 0 bridgehead atoms. The lowest BCUT2D eigenvalue weighted by Gasteiger charge is -2.05. The Labute approximate surface area is 109 Å². The second-order valence-electron chi connectivity index (χ2n) is 3.77. The van der Waals surface area contributed by atoms with Crippen molar-refractivity contribution in [1.82, 2.24) is 0 Å². The predicted molar refractivity (Wildman–Crippen MR) is 71.5 cm³/mol. The quantitative estimate of drug-likeness (QED) is 0.676. The molecule has 0 saturated heterocycles. The van der Waals surface area contributed by atoms with Crippen molar-refractivity contribution < 1.29 is 4.39 Å². The molecule has 0 aromatic heterocycles. The molecule has 0 atom stereocenters. The van der Waals surface area contributed by atoms with Crippen molar-refractivity contribution in [3.63, 3.8) is 0 Å². The molecule has 2 aromatic rings. The highest BCUT2D eigenvalue weighted by atomic mass is 32.2. The van der Waals surface area contributed by atoms with Crippen molar-refractivity contribution in [3.8, 4) is 6.07 Å². The molecule has 0 aliphatic rings. The Morgan fingerprint density at radius 2 is 2.06 bits per heavy atom. The van der Waals surface area contributed by atoms with Crippen LogP contribution in [0.2, 0.25) is 0 Å². The van der Waals surface area contributed by atoms with Crippen LogP contribution in [0.25, 0.3) is 0 Å². The van der Waals surface area contributed by atoms with E-state index in [1.165, 1.54) is 30.0 Å². The molecule has 2 aromatic carbocycles. The van der Waals surface area contributed by atoms with E-state index in [9.17, 15) is 4.39 Å². The van der Waals surface area contributed by atoms with E-state index >= 15 is 0 Å². The third-order valence-corrected chi connectivity index (χ3v) is 3.48. The molecule has 0 aliphatic heterocycles. The number of nitrogens with two attached hydrogens (primary N) is 1. The number of nitriles is 1. The molecular formula is C14H11FN2S. The summed E-state index contributed by atoms with van der Waals surface area (Å²) in [6.45, 7) is 0. The highest BCUT2D eigenvalue weighted by molar-refractivity contribution is 7.98. The first kappa shape index (κ1) is 12.5. The van der Waals surface area contributed by atoms with Crippen LogP contribution < -0.4 is 5.73 Å². The number of halogens is 1. The fraction of sp³-hybridized carbons (Fsp3) is 0.0714. The zero-order valence-electron chi connectivity index (χ0n) is 9.56. The van der Waals surface area contributed by atoms with E-state index in [1.807, 2.05) is 24.3 Å². The lowest BCUT2D eigenvalue weighted by molar-refractivity contribution is 0.626. The summed E-state index contributed by atoms with van der Waals surface area (Å²) < 4.78 is 13.1. The predicted octanol–water partition coefficient (Wildman–Crippen LogP) is 3.57. The Kier molecular flexibility index (Phi) is 3.85. The maximum Gasteiger partial charge on any atom is 0.123 e. The van der Waals surface area contributed by atoms with E-state index < -0.39 is 0 Å². The maximum absolute atomic E-state index is 13.1. The molecule has 0 radical (unpaired) electrons. The largest absolute Gasteiger partial charge is 0.399 e. The number of hydrogen-bond acceptors (Lipinski definition) is 3. The van der Waals surface area contributed by atoms with Gasteiger partial charge in [0.25, 0.3) is 0 Å². The second kappa shape index (κ2) is 5.56. The van der Waals surface area contributed by atoms with Gasteiger partial charge >= 0.3 is 0 Å². The minimum atomic E-state index is -0.322. The van der Waals surface area contributed by atoms with E-state index in [1.54, 1.807) is 0 Å². The van der Waals surface area contributed by atoms with Gasteiger partial charge < -0.3 is 5.73 Å². The third kappa shape index (κ3) is 3.02. The normalized spacial score (nSPS) is 10.0. The summed E-state index contributed by atoms with van der Waals surface area (Å²) in [5, 5.41) is 8.95. The van der Waals surface area contributed by atoms with Crippen molar-refractivity contribution in [1.29, 1.82) is 5.26 Å². The van der Waals surface area contributed by atoms with Gasteiger partial charge in [-0.25, -0.2) is 4.39 Å². The minimum absolute atomic E-state index is 0.322. The van der Waals surface area contributed by atoms with E-state index in [0.29, 0.717) is 22.6 Å². The first-order valence-corrected chi connectivity index (χ1v) is 6.34. The Bertz CT molecular complexity index is 605. The van der Waals surface area contributed by atoms with Crippen molar-refractivity contribution in [3.05, 3.63) is 59.4 Å². The Morgan fingerprint density at radius 1 is 1.22 bits per heavy atom. The monoisotopic (exact) mass is 258 g/mol. The zero-order valence-corrected chi connectivity index (χ0v) is 10.4. The van der Waals surface area contributed by atoms with Crippen LogP contribution in [-0.4, -0.2) is 0 Å². The van der Waals surface area contributed by atoms with Gasteiger partial charge in [-0.05, 0) is 42.0 Å². The van der Waals surface area contributed by atoms with Gasteiger partial charge in [-0.2, -0.15) is 5.26 Å². The minimum Gasteiger partial charge on any atom is -0.399 e. The summed E-state index contributed by atoms with van der Waals surface area (Å²) in [6, 6.07) is 13.7. The molecular weight excluding hydrogens is 247 g/mol. The second-order valence-corrected chi connectivity index (χ2v) is 4.82. The summed E-state index contributed by atoms with van der Waals surface area (Å²) in [5.74, 6) is 0.224. The molecule has 0 saturated carbocycles. The van der Waals surface area contributed by atoms with Crippen LogP contribution >= 0.6 is 11.8 Å². The van der Waals surface area contributed by atoms with Gasteiger partial charge in [0.1, 0.15) is 5.82 Å². The highest BCUT2D eigenvalue weighted by Crippen LogP contribution is 2.26. The Hall–Kier alpha value is -1.99. The van der Waals surface area contributed by atoms with Gasteiger partial charge in [0, 0.05) is 16.3 Å². The molecule has 0 heterocycles. The number of nitrogens with zero attached hydrogens (tertiary/aromatic N) is 1. The number of rotatable bonds is 3. The van der Waals surface area contributed by atoms with E-state index in [-0.39, 0.29) is 5.82 Å². The molecule has 0 fully saturated rings. The van der Waals surface area contributed by atoms with Crippen LogP contribution in [0.5, 0.6) is 0 Å². The number of hydrogen-bond donors (Lipinski definition) is 1. The van der Waals surface area contributed by atoms with Gasteiger partial charge in [-0.3, -0.25) is 0 Å². The SMILES string of the molecule is N#Cc1ccc(F)cc1CSc1cccc(N)c1. The molecule has 0 amide bonds. The van der Waals surface area contributed by atoms with E-state index in [2.05, 4.69) is 6.07 Å². The molecule has 2 nitrogen and oxygen atoms in total.